The summed E-state index contributed by atoms with van der Waals surface area (Å²) in [6.07, 6.45) is 3.63. The van der Waals surface area contributed by atoms with E-state index in [1.165, 1.54) is 15.4 Å². The van der Waals surface area contributed by atoms with Gasteiger partial charge in [0.05, 0.1) is 0 Å². The molecular weight excluding hydrogens is 408 g/mol. The van der Waals surface area contributed by atoms with Crippen LogP contribution in [-0.2, 0) is 13.1 Å². The second-order valence-corrected chi connectivity index (χ2v) is 8.12. The number of rotatable bonds is 8. The lowest BCUT2D eigenvalue weighted by Gasteiger charge is -2.14. The van der Waals surface area contributed by atoms with Crippen molar-refractivity contribution < 1.29 is 9.59 Å². The van der Waals surface area contributed by atoms with Gasteiger partial charge in [-0.05, 0) is 59.8 Å². The largest absolute Gasteiger partial charge is 0.345 e. The second-order valence-electron chi connectivity index (χ2n) is 7.24. The molecule has 2 N–H and O–H groups in total. The zero-order chi connectivity index (χ0) is 22.2. The van der Waals surface area contributed by atoms with Crippen LogP contribution in [0.5, 0.6) is 0 Å². The molecule has 0 radical (unpaired) electrons. The Labute approximate surface area is 187 Å². The zero-order valence-electron chi connectivity index (χ0n) is 17.9. The molecule has 0 aliphatic heterocycles. The molecule has 0 atom stereocenters. The van der Waals surface area contributed by atoms with Crippen LogP contribution in [0.15, 0.2) is 71.8 Å². The lowest BCUT2D eigenvalue weighted by Crippen LogP contribution is -2.23. The average Bonchev–Trinajstić information content (AvgIpc) is 2.79. The van der Waals surface area contributed by atoms with Crippen molar-refractivity contribution in [1.82, 2.24) is 15.2 Å². The van der Waals surface area contributed by atoms with E-state index in [9.17, 15) is 9.59 Å². The van der Waals surface area contributed by atoms with Crippen molar-refractivity contribution in [2.45, 2.75) is 18.0 Å². The fourth-order valence-corrected chi connectivity index (χ4v) is 3.44. The van der Waals surface area contributed by atoms with E-state index in [-0.39, 0.29) is 11.8 Å². The van der Waals surface area contributed by atoms with Gasteiger partial charge >= 0.3 is 0 Å². The van der Waals surface area contributed by atoms with Crippen LogP contribution in [0.25, 0.3) is 0 Å². The Balaban J connectivity index is 1.74. The van der Waals surface area contributed by atoms with Crippen LogP contribution in [0, 0.1) is 0 Å². The molecule has 1 aromatic heterocycles. The number of nitrogens with one attached hydrogen (secondary N) is 2. The van der Waals surface area contributed by atoms with Gasteiger partial charge in [0.15, 0.2) is 0 Å². The summed E-state index contributed by atoms with van der Waals surface area (Å²) >= 11 is 1.71. The number of carbonyl (C=O) groups is 2. The molecule has 2 aromatic carbocycles. The standard InChI is InChI=1S/C24H26N4O2S/c1-28(2)24(30)19-12-18(16-25-15-17-7-9-21(31-3)10-8-17)13-20(14-19)27-23(29)22-6-4-5-11-26-22/h4-14,25H,15-16H2,1-3H3,(H,27,29). The SMILES string of the molecule is CSc1ccc(CNCc2cc(NC(=O)c3ccccn3)cc(C(=O)N(C)C)c2)cc1. The molecule has 0 fully saturated rings. The normalized spacial score (nSPS) is 10.5. The van der Waals surface area contributed by atoms with E-state index >= 15 is 0 Å². The van der Waals surface area contributed by atoms with Crippen molar-refractivity contribution in [2.24, 2.45) is 0 Å². The summed E-state index contributed by atoms with van der Waals surface area (Å²) in [6, 6.07) is 19.0. The summed E-state index contributed by atoms with van der Waals surface area (Å²) in [4.78, 5) is 31.9. The third-order valence-electron chi connectivity index (χ3n) is 4.62. The Morgan fingerprint density at radius 2 is 1.71 bits per heavy atom. The number of hydrogen-bond donors (Lipinski definition) is 2. The molecule has 6 nitrogen and oxygen atoms in total. The fraction of sp³-hybridized carbons (Fsp3) is 0.208. The predicted molar refractivity (Wildman–Crippen MR) is 125 cm³/mol. The monoisotopic (exact) mass is 434 g/mol. The van der Waals surface area contributed by atoms with Gasteiger partial charge in [-0.2, -0.15) is 0 Å². The van der Waals surface area contributed by atoms with Crippen LogP contribution in [0.3, 0.4) is 0 Å². The summed E-state index contributed by atoms with van der Waals surface area (Å²) in [5.41, 5.74) is 3.49. The molecule has 0 unspecified atom stereocenters. The molecule has 0 saturated carbocycles. The van der Waals surface area contributed by atoms with Crippen molar-refractivity contribution in [3.63, 3.8) is 0 Å². The number of aromatic nitrogens is 1. The minimum atomic E-state index is -0.317. The minimum Gasteiger partial charge on any atom is -0.345 e. The number of anilines is 1. The summed E-state index contributed by atoms with van der Waals surface area (Å²) < 4.78 is 0. The molecule has 31 heavy (non-hydrogen) atoms. The highest BCUT2D eigenvalue weighted by atomic mass is 32.2. The summed E-state index contributed by atoms with van der Waals surface area (Å²) in [5, 5.41) is 6.26. The van der Waals surface area contributed by atoms with Gasteiger partial charge in [0.25, 0.3) is 11.8 Å². The van der Waals surface area contributed by atoms with E-state index in [1.807, 2.05) is 12.1 Å². The molecule has 0 bridgehead atoms. The van der Waals surface area contributed by atoms with Crippen molar-refractivity contribution >= 4 is 29.3 Å². The summed E-state index contributed by atoms with van der Waals surface area (Å²) in [5.74, 6) is -0.439. The highest BCUT2D eigenvalue weighted by Gasteiger charge is 2.13. The molecule has 2 amide bonds. The minimum absolute atomic E-state index is 0.122. The van der Waals surface area contributed by atoms with Gasteiger partial charge in [-0.15, -0.1) is 11.8 Å². The van der Waals surface area contributed by atoms with Crippen molar-refractivity contribution in [3.8, 4) is 0 Å². The zero-order valence-corrected chi connectivity index (χ0v) is 18.7. The average molecular weight is 435 g/mol. The van der Waals surface area contributed by atoms with Crippen molar-refractivity contribution in [1.29, 1.82) is 0 Å². The molecule has 3 rings (SSSR count). The van der Waals surface area contributed by atoms with Gasteiger partial charge < -0.3 is 15.5 Å². The molecule has 0 aliphatic carbocycles. The molecular formula is C24H26N4O2S. The number of carbonyl (C=O) groups excluding carboxylic acids is 2. The number of amides is 2. The molecule has 0 aliphatic rings. The Morgan fingerprint density at radius 3 is 2.35 bits per heavy atom. The van der Waals surface area contributed by atoms with Gasteiger partial charge in [-0.3, -0.25) is 14.6 Å². The van der Waals surface area contributed by atoms with E-state index in [1.54, 1.807) is 56.3 Å². The highest BCUT2D eigenvalue weighted by molar-refractivity contribution is 7.98. The summed E-state index contributed by atoms with van der Waals surface area (Å²) in [6.45, 7) is 1.27. The molecule has 0 saturated heterocycles. The van der Waals surface area contributed by atoms with Gasteiger partial charge in [0.2, 0.25) is 0 Å². The second kappa shape index (κ2) is 10.7. The number of pyridine rings is 1. The van der Waals surface area contributed by atoms with E-state index in [0.717, 1.165) is 5.56 Å². The molecule has 3 aromatic rings. The van der Waals surface area contributed by atoms with E-state index < -0.39 is 0 Å². The number of hydrogen-bond acceptors (Lipinski definition) is 5. The van der Waals surface area contributed by atoms with Crippen molar-refractivity contribution in [2.75, 3.05) is 25.7 Å². The Bertz CT molecular complexity index is 1040. The molecule has 7 heteroatoms. The topological polar surface area (TPSA) is 74.3 Å². The quantitative estimate of drug-likeness (QED) is 0.523. The van der Waals surface area contributed by atoms with Gasteiger partial charge in [-0.1, -0.05) is 18.2 Å². The van der Waals surface area contributed by atoms with Crippen LogP contribution >= 0.6 is 11.8 Å². The van der Waals surface area contributed by atoms with E-state index in [2.05, 4.69) is 46.1 Å². The summed E-state index contributed by atoms with van der Waals surface area (Å²) in [7, 11) is 3.41. The van der Waals surface area contributed by atoms with Gasteiger partial charge in [0.1, 0.15) is 5.69 Å². The lowest BCUT2D eigenvalue weighted by atomic mass is 10.1. The van der Waals surface area contributed by atoms with Crippen LogP contribution in [0.2, 0.25) is 0 Å². The van der Waals surface area contributed by atoms with Crippen LogP contribution in [0.1, 0.15) is 32.0 Å². The van der Waals surface area contributed by atoms with Crippen LogP contribution in [-0.4, -0.2) is 42.0 Å². The maximum absolute atomic E-state index is 12.5. The molecule has 0 spiro atoms. The lowest BCUT2D eigenvalue weighted by molar-refractivity contribution is 0.0827. The molecule has 1 heterocycles. The predicted octanol–water partition coefficient (Wildman–Crippen LogP) is 4.05. The Kier molecular flexibility index (Phi) is 7.81. The fourth-order valence-electron chi connectivity index (χ4n) is 3.03. The van der Waals surface area contributed by atoms with E-state index in [4.69, 9.17) is 0 Å². The van der Waals surface area contributed by atoms with Gasteiger partial charge in [-0.25, -0.2) is 0 Å². The van der Waals surface area contributed by atoms with E-state index in [0.29, 0.717) is 30.0 Å². The Morgan fingerprint density at radius 1 is 0.968 bits per heavy atom. The first-order chi connectivity index (χ1) is 15.0. The number of thioether (sulfide) groups is 1. The number of nitrogens with zero attached hydrogens (tertiary/aromatic N) is 2. The van der Waals surface area contributed by atoms with Crippen molar-refractivity contribution in [3.05, 3.63) is 89.2 Å². The highest BCUT2D eigenvalue weighted by Crippen LogP contribution is 2.18. The van der Waals surface area contributed by atoms with Crippen LogP contribution in [0.4, 0.5) is 5.69 Å². The maximum atomic E-state index is 12.5. The number of benzene rings is 2. The van der Waals surface area contributed by atoms with Crippen LogP contribution < -0.4 is 10.6 Å². The van der Waals surface area contributed by atoms with Gasteiger partial charge in [0, 0.05) is 49.5 Å². The Hall–Kier alpha value is -3.16. The first-order valence-corrected chi connectivity index (χ1v) is 11.1. The third-order valence-corrected chi connectivity index (χ3v) is 5.36. The molecule has 160 valence electrons. The third kappa shape index (κ3) is 6.41. The first kappa shape index (κ1) is 22.5. The first-order valence-electron chi connectivity index (χ1n) is 9.88. The smallest absolute Gasteiger partial charge is 0.274 e. The maximum Gasteiger partial charge on any atom is 0.274 e.